The van der Waals surface area contributed by atoms with Gasteiger partial charge in [0.15, 0.2) is 22.8 Å². The summed E-state index contributed by atoms with van der Waals surface area (Å²) in [4.78, 5) is 40.8. The lowest BCUT2D eigenvalue weighted by atomic mass is 9.51. The van der Waals surface area contributed by atoms with E-state index in [1.165, 1.54) is 18.6 Å². The molecule has 3 heterocycles. The number of aromatic hydroxyl groups is 1. The number of ether oxygens (including phenoxy) is 3. The number of fused-ring (bicyclic) bond motifs is 2. The van der Waals surface area contributed by atoms with Gasteiger partial charge in [0.2, 0.25) is 0 Å². The standard InChI is InChI=1S/C38H44O8/c1-20(2)10-9-15-36(8)16-14-24-29(39)28-30(40)26-18-23-19-27-35(6,7)46-37(33(23)41,17-13-22(5)34(42)43)38(26,27)45-32(28)25(31(24)44-36)12-11-21(3)4/h10-11,13-14,16,18,23,27,39H,9,12,15,17,19H2,1-8H3,(H,42,43)/b22-13+/t23?,27?,36-,37+,38-/m1/s1. The fourth-order valence-corrected chi connectivity index (χ4v) is 8.17. The first-order valence-electron chi connectivity index (χ1n) is 16.2. The molecule has 7 rings (SSSR count). The van der Waals surface area contributed by atoms with Gasteiger partial charge in [0, 0.05) is 35.0 Å². The third-order valence-electron chi connectivity index (χ3n) is 10.5. The number of phenols is 1. The lowest BCUT2D eigenvalue weighted by Gasteiger charge is -2.56. The van der Waals surface area contributed by atoms with Crippen molar-refractivity contribution in [1.29, 1.82) is 0 Å². The smallest absolute Gasteiger partial charge is 0.330 e. The summed E-state index contributed by atoms with van der Waals surface area (Å²) in [5.41, 5.74) is -0.952. The summed E-state index contributed by atoms with van der Waals surface area (Å²) in [6, 6.07) is 0. The van der Waals surface area contributed by atoms with E-state index in [0.29, 0.717) is 41.7 Å². The van der Waals surface area contributed by atoms with Gasteiger partial charge in [-0.3, -0.25) is 9.59 Å². The first-order chi connectivity index (χ1) is 21.5. The van der Waals surface area contributed by atoms with Crippen LogP contribution in [0.4, 0.5) is 0 Å². The normalized spacial score (nSPS) is 31.2. The fourth-order valence-electron chi connectivity index (χ4n) is 8.17. The van der Waals surface area contributed by atoms with Crippen molar-refractivity contribution in [3.63, 3.8) is 0 Å². The molecular weight excluding hydrogens is 584 g/mol. The minimum atomic E-state index is -1.63. The molecule has 0 radical (unpaired) electrons. The van der Waals surface area contributed by atoms with E-state index in [-0.39, 0.29) is 40.8 Å². The van der Waals surface area contributed by atoms with Gasteiger partial charge in [-0.25, -0.2) is 4.79 Å². The second-order valence-corrected chi connectivity index (χ2v) is 14.8. The Morgan fingerprint density at radius 1 is 1.00 bits per heavy atom. The number of rotatable bonds is 8. The maximum Gasteiger partial charge on any atom is 0.330 e. The number of aliphatic carboxylic acids is 1. The highest BCUT2D eigenvalue weighted by Crippen LogP contribution is 2.68. The van der Waals surface area contributed by atoms with Crippen molar-refractivity contribution in [3.05, 3.63) is 69.4 Å². The molecule has 2 fully saturated rings. The summed E-state index contributed by atoms with van der Waals surface area (Å²) in [6.45, 7) is 15.4. The van der Waals surface area contributed by atoms with E-state index in [1.807, 2.05) is 52.8 Å². The van der Waals surface area contributed by atoms with Crippen molar-refractivity contribution >= 4 is 23.6 Å². The van der Waals surface area contributed by atoms with E-state index in [9.17, 15) is 24.6 Å². The largest absolute Gasteiger partial charge is 0.506 e. The number of hydrogen-bond acceptors (Lipinski definition) is 7. The van der Waals surface area contributed by atoms with E-state index < -0.39 is 40.1 Å². The van der Waals surface area contributed by atoms with Crippen LogP contribution < -0.4 is 9.47 Å². The number of allylic oxidation sites excluding steroid dienone is 5. The van der Waals surface area contributed by atoms with Crippen LogP contribution in [0.2, 0.25) is 0 Å². The molecule has 5 atom stereocenters. The number of Topliss-reactive ketones (excluding diaryl/α,β-unsaturated/α-hetero) is 2. The molecular formula is C38H44O8. The van der Waals surface area contributed by atoms with Crippen molar-refractivity contribution in [2.24, 2.45) is 11.8 Å². The molecule has 1 saturated heterocycles. The summed E-state index contributed by atoms with van der Waals surface area (Å²) in [6.07, 6.45) is 13.4. The zero-order chi connectivity index (χ0) is 33.6. The molecule has 1 aromatic carbocycles. The number of carboxylic acids is 1. The summed E-state index contributed by atoms with van der Waals surface area (Å²) in [7, 11) is 0. The Hall–Kier alpha value is -3.91. The lowest BCUT2D eigenvalue weighted by Crippen LogP contribution is -2.72. The van der Waals surface area contributed by atoms with Crippen molar-refractivity contribution < 1.29 is 38.8 Å². The third-order valence-corrected chi connectivity index (χ3v) is 10.5. The van der Waals surface area contributed by atoms with Crippen LogP contribution in [-0.2, 0) is 20.7 Å². The summed E-state index contributed by atoms with van der Waals surface area (Å²) in [5.74, 6) is -2.28. The number of carbonyl (C=O) groups is 3. The number of ketones is 2. The molecule has 0 amide bonds. The number of hydrogen-bond donors (Lipinski definition) is 2. The Morgan fingerprint density at radius 2 is 1.70 bits per heavy atom. The molecule has 1 saturated carbocycles. The maximum absolute atomic E-state index is 14.7. The van der Waals surface area contributed by atoms with Crippen LogP contribution in [0.1, 0.15) is 103 Å². The lowest BCUT2D eigenvalue weighted by molar-refractivity contribution is -0.171. The van der Waals surface area contributed by atoms with Gasteiger partial charge in [-0.15, -0.1) is 0 Å². The van der Waals surface area contributed by atoms with Gasteiger partial charge in [-0.05, 0) is 93.2 Å². The number of carboxylic acid groups (broad SMARTS) is 1. The Balaban J connectivity index is 1.59. The number of benzene rings is 1. The van der Waals surface area contributed by atoms with E-state index in [2.05, 4.69) is 19.9 Å². The average Bonchev–Trinajstić information content (AvgIpc) is 3.12. The highest BCUT2D eigenvalue weighted by molar-refractivity contribution is 6.19. The van der Waals surface area contributed by atoms with Gasteiger partial charge in [0.05, 0.1) is 11.2 Å². The molecule has 244 valence electrons. The van der Waals surface area contributed by atoms with Crippen LogP contribution in [0.5, 0.6) is 17.2 Å². The van der Waals surface area contributed by atoms with Crippen LogP contribution in [0.15, 0.2) is 52.7 Å². The molecule has 3 aliphatic carbocycles. The van der Waals surface area contributed by atoms with Crippen LogP contribution in [0, 0.1) is 11.8 Å². The van der Waals surface area contributed by atoms with E-state index in [1.54, 1.807) is 6.08 Å². The van der Waals surface area contributed by atoms with Crippen LogP contribution >= 0.6 is 0 Å². The minimum absolute atomic E-state index is 0.0544. The molecule has 8 nitrogen and oxygen atoms in total. The zero-order valence-electron chi connectivity index (χ0n) is 28.0. The van der Waals surface area contributed by atoms with Gasteiger partial charge in [-0.2, -0.15) is 0 Å². The van der Waals surface area contributed by atoms with Crippen LogP contribution in [0.25, 0.3) is 6.08 Å². The van der Waals surface area contributed by atoms with Gasteiger partial charge in [0.1, 0.15) is 28.4 Å². The molecule has 3 aliphatic heterocycles. The van der Waals surface area contributed by atoms with Crippen molar-refractivity contribution in [2.75, 3.05) is 0 Å². The SMILES string of the molecule is CC(C)=CCC[C@]1(C)C=Cc2c(O)c3c(c(CC=C(C)C)c2O1)O[C@]12C(=CC4CC1C(C)(C)O[C@@]2(C/C=C(\C)C(=O)O)C4=O)C3=O. The second-order valence-electron chi connectivity index (χ2n) is 14.8. The van der Waals surface area contributed by atoms with Crippen molar-refractivity contribution in [2.45, 2.75) is 110 Å². The maximum atomic E-state index is 14.7. The van der Waals surface area contributed by atoms with Crippen LogP contribution in [-0.4, -0.2) is 50.2 Å². The van der Waals surface area contributed by atoms with Crippen molar-refractivity contribution in [1.82, 2.24) is 0 Å². The summed E-state index contributed by atoms with van der Waals surface area (Å²) < 4.78 is 20.6. The average molecular weight is 629 g/mol. The molecule has 8 heteroatoms. The first-order valence-corrected chi connectivity index (χ1v) is 16.2. The van der Waals surface area contributed by atoms with Crippen molar-refractivity contribution in [3.8, 4) is 17.2 Å². The molecule has 46 heavy (non-hydrogen) atoms. The number of carbonyl (C=O) groups excluding carboxylic acids is 2. The van der Waals surface area contributed by atoms with Crippen LogP contribution in [0.3, 0.4) is 0 Å². The topological polar surface area (TPSA) is 119 Å². The van der Waals surface area contributed by atoms with E-state index >= 15 is 0 Å². The summed E-state index contributed by atoms with van der Waals surface area (Å²) in [5, 5.41) is 21.4. The molecule has 2 unspecified atom stereocenters. The Bertz CT molecular complexity index is 1730. The van der Waals surface area contributed by atoms with Gasteiger partial charge in [-0.1, -0.05) is 35.5 Å². The van der Waals surface area contributed by atoms with Gasteiger partial charge < -0.3 is 24.4 Å². The molecule has 1 aromatic rings. The van der Waals surface area contributed by atoms with Gasteiger partial charge >= 0.3 is 5.97 Å². The fraction of sp³-hybridized carbons (Fsp3) is 0.500. The van der Waals surface area contributed by atoms with E-state index in [4.69, 9.17) is 14.2 Å². The predicted molar refractivity (Wildman–Crippen MR) is 174 cm³/mol. The zero-order valence-corrected chi connectivity index (χ0v) is 28.0. The molecule has 6 aliphatic rings. The Morgan fingerprint density at radius 3 is 2.35 bits per heavy atom. The highest BCUT2D eigenvalue weighted by atomic mass is 16.6. The van der Waals surface area contributed by atoms with E-state index in [0.717, 1.165) is 12.0 Å². The number of phenolic OH excluding ortho intramolecular Hbond substituents is 1. The molecule has 0 aromatic heterocycles. The van der Waals surface area contributed by atoms with Gasteiger partial charge in [0.25, 0.3) is 0 Å². The molecule has 2 N–H and O–H groups in total. The predicted octanol–water partition coefficient (Wildman–Crippen LogP) is 7.24. The first kappa shape index (κ1) is 32.0. The second kappa shape index (κ2) is 10.6. The Labute approximate surface area is 270 Å². The summed E-state index contributed by atoms with van der Waals surface area (Å²) >= 11 is 0. The highest BCUT2D eigenvalue weighted by Gasteiger charge is 2.81. The monoisotopic (exact) mass is 628 g/mol. The third kappa shape index (κ3) is 4.47. The molecule has 1 spiro atoms. The minimum Gasteiger partial charge on any atom is -0.506 e. The molecule has 4 bridgehead atoms. The Kier molecular flexibility index (Phi) is 7.36. The quantitative estimate of drug-likeness (QED) is 0.228.